The normalized spacial score (nSPS) is 14.4. The molecular weight excluding hydrogens is 304 g/mol. The number of hydrogen-bond donors (Lipinski definition) is 1. The number of rotatable bonds is 5. The van der Waals surface area contributed by atoms with E-state index in [0.29, 0.717) is 11.7 Å². The molecule has 1 saturated heterocycles. The first-order valence-corrected chi connectivity index (χ1v) is 8.29. The highest BCUT2D eigenvalue weighted by molar-refractivity contribution is 5.65. The predicted octanol–water partition coefficient (Wildman–Crippen LogP) is 3.54. The number of ether oxygens (including phenoxy) is 2. The van der Waals surface area contributed by atoms with E-state index in [1.54, 1.807) is 14.2 Å². The fourth-order valence-corrected chi connectivity index (χ4v) is 2.92. The first kappa shape index (κ1) is 16.4. The Balaban J connectivity index is 1.86. The number of aryl methyl sites for hydroxylation is 1. The standard InChI is InChI=1S/C18H24N4O2/c1-13-11-17(22-9-5-4-6-10-22)21-18(19-13)20-15-8-7-14(23-2)12-16(15)24-3/h7-8,11-12H,4-6,9-10H2,1-3H3,(H,19,20,21). The number of nitrogens with one attached hydrogen (secondary N) is 1. The molecule has 6 nitrogen and oxygen atoms in total. The van der Waals surface area contributed by atoms with Gasteiger partial charge >= 0.3 is 0 Å². The van der Waals surface area contributed by atoms with Gasteiger partial charge in [-0.2, -0.15) is 4.98 Å². The SMILES string of the molecule is COc1ccc(Nc2nc(C)cc(N3CCCCC3)n2)c(OC)c1. The van der Waals surface area contributed by atoms with E-state index in [1.165, 1.54) is 19.3 Å². The molecule has 0 amide bonds. The smallest absolute Gasteiger partial charge is 0.229 e. The van der Waals surface area contributed by atoms with Gasteiger partial charge in [-0.05, 0) is 38.3 Å². The van der Waals surface area contributed by atoms with Gasteiger partial charge in [0.05, 0.1) is 19.9 Å². The van der Waals surface area contributed by atoms with Crippen LogP contribution < -0.4 is 19.7 Å². The zero-order chi connectivity index (χ0) is 16.9. The molecule has 128 valence electrons. The fourth-order valence-electron chi connectivity index (χ4n) is 2.92. The maximum Gasteiger partial charge on any atom is 0.229 e. The third-order valence-electron chi connectivity index (χ3n) is 4.18. The van der Waals surface area contributed by atoms with Gasteiger partial charge in [0.25, 0.3) is 0 Å². The summed E-state index contributed by atoms with van der Waals surface area (Å²) in [5.74, 6) is 3.01. The molecule has 1 aliphatic heterocycles. The summed E-state index contributed by atoms with van der Waals surface area (Å²) in [7, 11) is 3.27. The highest BCUT2D eigenvalue weighted by atomic mass is 16.5. The molecule has 0 spiro atoms. The Morgan fingerprint density at radius 1 is 1.00 bits per heavy atom. The van der Waals surface area contributed by atoms with Crippen molar-refractivity contribution in [1.82, 2.24) is 9.97 Å². The summed E-state index contributed by atoms with van der Waals surface area (Å²) in [6.45, 7) is 4.11. The Labute approximate surface area is 142 Å². The van der Waals surface area contributed by atoms with E-state index in [0.717, 1.165) is 36.0 Å². The lowest BCUT2D eigenvalue weighted by Crippen LogP contribution is -2.30. The van der Waals surface area contributed by atoms with Crippen LogP contribution in [0.2, 0.25) is 0 Å². The molecule has 1 aliphatic rings. The highest BCUT2D eigenvalue weighted by Gasteiger charge is 2.14. The molecule has 1 aromatic heterocycles. The molecule has 2 heterocycles. The van der Waals surface area contributed by atoms with Gasteiger partial charge in [-0.15, -0.1) is 0 Å². The maximum atomic E-state index is 5.43. The van der Waals surface area contributed by atoms with Gasteiger partial charge in [0, 0.05) is 30.9 Å². The summed E-state index contributed by atoms with van der Waals surface area (Å²) in [4.78, 5) is 11.5. The van der Waals surface area contributed by atoms with Gasteiger partial charge in [0.1, 0.15) is 17.3 Å². The van der Waals surface area contributed by atoms with Crippen LogP contribution in [0, 0.1) is 6.92 Å². The lowest BCUT2D eigenvalue weighted by Gasteiger charge is -2.28. The van der Waals surface area contributed by atoms with Crippen molar-refractivity contribution in [2.24, 2.45) is 0 Å². The van der Waals surface area contributed by atoms with Crippen molar-refractivity contribution < 1.29 is 9.47 Å². The van der Waals surface area contributed by atoms with E-state index in [9.17, 15) is 0 Å². The van der Waals surface area contributed by atoms with Crippen LogP contribution in [0.1, 0.15) is 25.0 Å². The minimum Gasteiger partial charge on any atom is -0.497 e. The summed E-state index contributed by atoms with van der Waals surface area (Å²) in [6.07, 6.45) is 3.74. The number of methoxy groups -OCH3 is 2. The predicted molar refractivity (Wildman–Crippen MR) is 95.7 cm³/mol. The number of aromatic nitrogens is 2. The summed E-state index contributed by atoms with van der Waals surface area (Å²) in [6, 6.07) is 7.67. The van der Waals surface area contributed by atoms with Crippen LogP contribution in [0.3, 0.4) is 0 Å². The molecule has 1 N–H and O–H groups in total. The van der Waals surface area contributed by atoms with Gasteiger partial charge in [-0.25, -0.2) is 4.98 Å². The Morgan fingerprint density at radius 2 is 1.79 bits per heavy atom. The second-order valence-corrected chi connectivity index (χ2v) is 5.93. The van der Waals surface area contributed by atoms with Crippen LogP contribution in [0.25, 0.3) is 0 Å². The van der Waals surface area contributed by atoms with E-state index >= 15 is 0 Å². The second-order valence-electron chi connectivity index (χ2n) is 5.93. The molecule has 6 heteroatoms. The third-order valence-corrected chi connectivity index (χ3v) is 4.18. The Kier molecular flexibility index (Phi) is 5.03. The summed E-state index contributed by atoms with van der Waals surface area (Å²) >= 11 is 0. The van der Waals surface area contributed by atoms with Crippen molar-refractivity contribution in [3.8, 4) is 11.5 Å². The highest BCUT2D eigenvalue weighted by Crippen LogP contribution is 2.31. The van der Waals surface area contributed by atoms with Crippen molar-refractivity contribution in [2.75, 3.05) is 37.5 Å². The van der Waals surface area contributed by atoms with Crippen LogP contribution in [0.5, 0.6) is 11.5 Å². The molecule has 24 heavy (non-hydrogen) atoms. The van der Waals surface area contributed by atoms with Crippen LogP contribution in [0.15, 0.2) is 24.3 Å². The lowest BCUT2D eigenvalue weighted by molar-refractivity contribution is 0.395. The van der Waals surface area contributed by atoms with E-state index in [4.69, 9.17) is 9.47 Å². The Bertz CT molecular complexity index is 699. The van der Waals surface area contributed by atoms with Gasteiger partial charge in [-0.1, -0.05) is 0 Å². The summed E-state index contributed by atoms with van der Waals surface area (Å²) < 4.78 is 10.7. The number of anilines is 3. The van der Waals surface area contributed by atoms with Crippen molar-refractivity contribution in [3.05, 3.63) is 30.0 Å². The molecule has 0 radical (unpaired) electrons. The minimum atomic E-state index is 0.582. The van der Waals surface area contributed by atoms with Crippen molar-refractivity contribution in [1.29, 1.82) is 0 Å². The van der Waals surface area contributed by atoms with Gasteiger partial charge < -0.3 is 19.7 Å². The van der Waals surface area contributed by atoms with Gasteiger partial charge in [0.15, 0.2) is 0 Å². The first-order valence-electron chi connectivity index (χ1n) is 8.29. The first-order chi connectivity index (χ1) is 11.7. The van der Waals surface area contributed by atoms with E-state index in [-0.39, 0.29) is 0 Å². The monoisotopic (exact) mass is 328 g/mol. The van der Waals surface area contributed by atoms with Crippen molar-refractivity contribution in [2.45, 2.75) is 26.2 Å². The topological polar surface area (TPSA) is 59.5 Å². The minimum absolute atomic E-state index is 0.582. The number of piperidine rings is 1. The molecular formula is C18H24N4O2. The molecule has 1 fully saturated rings. The molecule has 1 aromatic carbocycles. The Hall–Kier alpha value is -2.50. The molecule has 2 aromatic rings. The van der Waals surface area contributed by atoms with Gasteiger partial charge in [0.2, 0.25) is 5.95 Å². The maximum absolute atomic E-state index is 5.43. The molecule has 0 bridgehead atoms. The largest absolute Gasteiger partial charge is 0.497 e. The average molecular weight is 328 g/mol. The van der Waals surface area contributed by atoms with E-state index < -0.39 is 0 Å². The lowest BCUT2D eigenvalue weighted by atomic mass is 10.1. The zero-order valence-electron chi connectivity index (χ0n) is 14.5. The van der Waals surface area contributed by atoms with E-state index in [1.807, 2.05) is 31.2 Å². The van der Waals surface area contributed by atoms with Crippen molar-refractivity contribution in [3.63, 3.8) is 0 Å². The van der Waals surface area contributed by atoms with E-state index in [2.05, 4.69) is 20.2 Å². The summed E-state index contributed by atoms with van der Waals surface area (Å²) in [5.41, 5.74) is 1.76. The number of nitrogens with zero attached hydrogens (tertiary/aromatic N) is 3. The third kappa shape index (κ3) is 3.69. The average Bonchev–Trinajstić information content (AvgIpc) is 2.62. The van der Waals surface area contributed by atoms with Crippen molar-refractivity contribution >= 4 is 17.5 Å². The number of benzene rings is 1. The number of hydrogen-bond acceptors (Lipinski definition) is 6. The second kappa shape index (κ2) is 7.38. The molecule has 0 atom stereocenters. The van der Waals surface area contributed by atoms with Gasteiger partial charge in [-0.3, -0.25) is 0 Å². The molecule has 0 saturated carbocycles. The Morgan fingerprint density at radius 3 is 2.50 bits per heavy atom. The van der Waals surface area contributed by atoms with Crippen LogP contribution in [-0.4, -0.2) is 37.3 Å². The zero-order valence-corrected chi connectivity index (χ0v) is 14.5. The quantitative estimate of drug-likeness (QED) is 0.906. The molecule has 0 aliphatic carbocycles. The molecule has 0 unspecified atom stereocenters. The fraction of sp³-hybridized carbons (Fsp3) is 0.444. The molecule has 3 rings (SSSR count). The summed E-state index contributed by atoms with van der Waals surface area (Å²) in [5, 5.41) is 3.27. The van der Waals surface area contributed by atoms with Crippen LogP contribution >= 0.6 is 0 Å². The van der Waals surface area contributed by atoms with Crippen LogP contribution in [-0.2, 0) is 0 Å². The van der Waals surface area contributed by atoms with Crippen LogP contribution in [0.4, 0.5) is 17.5 Å².